The predicted octanol–water partition coefficient (Wildman–Crippen LogP) is 4.61. The first-order chi connectivity index (χ1) is 15.3. The molecule has 2 amide bonds. The number of anilines is 3. The summed E-state index contributed by atoms with van der Waals surface area (Å²) in [5.41, 5.74) is 6.13. The summed E-state index contributed by atoms with van der Waals surface area (Å²) in [5, 5.41) is 0. The second-order valence-electron chi connectivity index (χ2n) is 8.02. The first kappa shape index (κ1) is 21.4. The first-order valence-corrected chi connectivity index (χ1v) is 10.3. The maximum absolute atomic E-state index is 13.6. The number of para-hydroxylation sites is 2. The summed E-state index contributed by atoms with van der Waals surface area (Å²) in [6, 6.07) is 20.1. The second-order valence-corrected chi connectivity index (χ2v) is 8.02. The van der Waals surface area contributed by atoms with Gasteiger partial charge in [0.25, 0.3) is 0 Å². The van der Waals surface area contributed by atoms with Gasteiger partial charge in [-0.05, 0) is 61.4 Å². The van der Waals surface area contributed by atoms with Crippen molar-refractivity contribution < 1.29 is 18.7 Å². The van der Waals surface area contributed by atoms with Crippen molar-refractivity contribution in [2.75, 3.05) is 23.9 Å². The van der Waals surface area contributed by atoms with Gasteiger partial charge in [0.05, 0.1) is 5.69 Å². The van der Waals surface area contributed by atoms with E-state index in [9.17, 15) is 14.0 Å². The van der Waals surface area contributed by atoms with Gasteiger partial charge in [-0.3, -0.25) is 14.5 Å². The molecule has 0 atom stereocenters. The number of carbonyl (C=O) groups excluding carboxylic acids is 2. The summed E-state index contributed by atoms with van der Waals surface area (Å²) in [5.74, 6) is -0.531. The van der Waals surface area contributed by atoms with Crippen LogP contribution in [-0.2, 0) is 9.59 Å². The van der Waals surface area contributed by atoms with Crippen molar-refractivity contribution in [1.82, 2.24) is 0 Å². The van der Waals surface area contributed by atoms with Crippen LogP contribution in [0.3, 0.4) is 0 Å². The van der Waals surface area contributed by atoms with E-state index in [2.05, 4.69) is 0 Å². The number of amides is 2. The van der Waals surface area contributed by atoms with E-state index in [0.29, 0.717) is 35.7 Å². The van der Waals surface area contributed by atoms with E-state index < -0.39 is 23.0 Å². The molecule has 4 rings (SSSR count). The minimum absolute atomic E-state index is 0.382. The molecule has 0 radical (unpaired) electrons. The Morgan fingerprint density at radius 1 is 0.938 bits per heavy atom. The molecule has 0 saturated heterocycles. The average molecular weight is 433 g/mol. The first-order valence-electron chi connectivity index (χ1n) is 10.3. The number of halogens is 1. The summed E-state index contributed by atoms with van der Waals surface area (Å²) < 4.78 is 19.8. The largest absolute Gasteiger partial charge is 0.455 e. The molecule has 0 bridgehead atoms. The van der Waals surface area contributed by atoms with Crippen LogP contribution in [0.1, 0.15) is 12.8 Å². The number of nitrogens with two attached hydrogens (primary N) is 1. The van der Waals surface area contributed by atoms with Gasteiger partial charge in [-0.1, -0.05) is 18.2 Å². The van der Waals surface area contributed by atoms with Gasteiger partial charge >= 0.3 is 0 Å². The normalized spacial score (nSPS) is 13.8. The fourth-order valence-corrected chi connectivity index (χ4v) is 3.54. The van der Waals surface area contributed by atoms with E-state index in [0.717, 1.165) is 5.69 Å². The molecule has 0 spiro atoms. The number of rotatable bonds is 7. The Labute approximate surface area is 186 Å². The zero-order chi connectivity index (χ0) is 22.9. The smallest absolute Gasteiger partial charge is 0.247 e. The standard InChI is InChI=1S/C25H24FN3O3/c1-28(2)19-6-5-7-20(16-19)32-22-9-4-3-8-21(22)29(18-12-10-17(26)11-13-18)24(31)25(14-15-25)23(27)30/h3-13,16H,14-15H2,1-2H3,(H2,27,30). The molecule has 32 heavy (non-hydrogen) atoms. The highest BCUT2D eigenvalue weighted by Gasteiger charge is 2.57. The number of hydrogen-bond donors (Lipinski definition) is 1. The van der Waals surface area contributed by atoms with Crippen LogP contribution in [0.5, 0.6) is 11.5 Å². The number of ether oxygens (including phenoxy) is 1. The van der Waals surface area contributed by atoms with Gasteiger partial charge in [0.1, 0.15) is 17.0 Å². The quantitative estimate of drug-likeness (QED) is 0.552. The Balaban J connectivity index is 1.79. The lowest BCUT2D eigenvalue weighted by Crippen LogP contribution is -2.41. The highest BCUT2D eigenvalue weighted by atomic mass is 19.1. The number of primary amides is 1. The zero-order valence-corrected chi connectivity index (χ0v) is 17.9. The van der Waals surface area contributed by atoms with Crippen molar-refractivity contribution in [3.8, 4) is 11.5 Å². The number of benzene rings is 3. The third kappa shape index (κ3) is 4.01. The maximum Gasteiger partial charge on any atom is 0.247 e. The fourth-order valence-electron chi connectivity index (χ4n) is 3.54. The number of carbonyl (C=O) groups is 2. The Morgan fingerprint density at radius 3 is 2.25 bits per heavy atom. The molecule has 2 N–H and O–H groups in total. The van der Waals surface area contributed by atoms with E-state index in [1.807, 2.05) is 43.3 Å². The molecule has 1 fully saturated rings. The molecule has 7 heteroatoms. The molecule has 0 aliphatic heterocycles. The molecule has 0 unspecified atom stereocenters. The van der Waals surface area contributed by atoms with E-state index in [-0.39, 0.29) is 0 Å². The highest BCUT2D eigenvalue weighted by molar-refractivity contribution is 6.17. The zero-order valence-electron chi connectivity index (χ0n) is 17.9. The van der Waals surface area contributed by atoms with E-state index in [4.69, 9.17) is 10.5 Å². The molecule has 0 heterocycles. The maximum atomic E-state index is 13.6. The third-order valence-electron chi connectivity index (χ3n) is 5.59. The molecule has 6 nitrogen and oxygen atoms in total. The molecule has 1 aliphatic rings. The van der Waals surface area contributed by atoms with Gasteiger partial charge in [-0.15, -0.1) is 0 Å². The van der Waals surface area contributed by atoms with Crippen LogP contribution in [0.2, 0.25) is 0 Å². The van der Waals surface area contributed by atoms with Crippen LogP contribution in [0.25, 0.3) is 0 Å². The molecule has 1 saturated carbocycles. The molecule has 3 aromatic rings. The summed E-state index contributed by atoms with van der Waals surface area (Å²) >= 11 is 0. The Hall–Kier alpha value is -3.87. The SMILES string of the molecule is CN(C)c1cccc(Oc2ccccc2N(C(=O)C2(C(N)=O)CC2)c2ccc(F)cc2)c1. The highest BCUT2D eigenvalue weighted by Crippen LogP contribution is 2.50. The fraction of sp³-hybridized carbons (Fsp3) is 0.200. The molecule has 3 aromatic carbocycles. The van der Waals surface area contributed by atoms with E-state index >= 15 is 0 Å². The van der Waals surface area contributed by atoms with Crippen molar-refractivity contribution in [2.45, 2.75) is 12.8 Å². The minimum Gasteiger partial charge on any atom is -0.455 e. The van der Waals surface area contributed by atoms with Gasteiger partial charge in [-0.2, -0.15) is 0 Å². The molecular weight excluding hydrogens is 409 g/mol. The minimum atomic E-state index is -1.26. The lowest BCUT2D eigenvalue weighted by molar-refractivity contribution is -0.133. The second kappa shape index (κ2) is 8.34. The van der Waals surface area contributed by atoms with Crippen LogP contribution < -0.4 is 20.3 Å². The molecular formula is C25H24FN3O3. The Bertz CT molecular complexity index is 1160. The number of nitrogens with zero attached hydrogens (tertiary/aromatic N) is 2. The van der Waals surface area contributed by atoms with Crippen LogP contribution >= 0.6 is 0 Å². The van der Waals surface area contributed by atoms with Crippen molar-refractivity contribution in [2.24, 2.45) is 11.1 Å². The Morgan fingerprint density at radius 2 is 1.62 bits per heavy atom. The van der Waals surface area contributed by atoms with Crippen LogP contribution in [0.15, 0.2) is 72.8 Å². The van der Waals surface area contributed by atoms with Crippen molar-refractivity contribution in [1.29, 1.82) is 0 Å². The topological polar surface area (TPSA) is 75.9 Å². The lowest BCUT2D eigenvalue weighted by Gasteiger charge is -2.28. The molecule has 164 valence electrons. The molecule has 1 aliphatic carbocycles. The van der Waals surface area contributed by atoms with Gasteiger partial charge in [0.15, 0.2) is 5.75 Å². The monoisotopic (exact) mass is 433 g/mol. The third-order valence-corrected chi connectivity index (χ3v) is 5.59. The molecule has 0 aromatic heterocycles. The van der Waals surface area contributed by atoms with E-state index in [1.165, 1.54) is 29.2 Å². The van der Waals surface area contributed by atoms with Crippen molar-refractivity contribution in [3.05, 3.63) is 78.6 Å². The summed E-state index contributed by atoms with van der Waals surface area (Å²) in [7, 11) is 3.86. The van der Waals surface area contributed by atoms with E-state index in [1.54, 1.807) is 24.3 Å². The summed E-state index contributed by atoms with van der Waals surface area (Å²) in [6.45, 7) is 0. The average Bonchev–Trinajstić information content (AvgIpc) is 3.59. The van der Waals surface area contributed by atoms with Crippen LogP contribution in [0, 0.1) is 11.2 Å². The van der Waals surface area contributed by atoms with Crippen LogP contribution in [0.4, 0.5) is 21.5 Å². The van der Waals surface area contributed by atoms with Crippen molar-refractivity contribution >= 4 is 28.9 Å². The predicted molar refractivity (Wildman–Crippen MR) is 122 cm³/mol. The van der Waals surface area contributed by atoms with Gasteiger partial charge < -0.3 is 15.4 Å². The lowest BCUT2D eigenvalue weighted by atomic mass is 10.0. The summed E-state index contributed by atoms with van der Waals surface area (Å²) in [4.78, 5) is 29.0. The Kier molecular flexibility index (Phi) is 5.57. The van der Waals surface area contributed by atoms with Crippen LogP contribution in [-0.4, -0.2) is 25.9 Å². The summed E-state index contributed by atoms with van der Waals surface area (Å²) in [6.07, 6.45) is 0.763. The van der Waals surface area contributed by atoms with Crippen molar-refractivity contribution in [3.63, 3.8) is 0 Å². The van der Waals surface area contributed by atoms with Gasteiger partial charge in [0.2, 0.25) is 11.8 Å². The number of hydrogen-bond acceptors (Lipinski definition) is 4. The van der Waals surface area contributed by atoms with Gasteiger partial charge in [-0.25, -0.2) is 4.39 Å². The van der Waals surface area contributed by atoms with Gasteiger partial charge in [0, 0.05) is 31.5 Å².